The first-order chi connectivity index (χ1) is 5.81. The van der Waals surface area contributed by atoms with Crippen LogP contribution in [-0.2, 0) is 6.42 Å². The Morgan fingerprint density at radius 1 is 1.50 bits per heavy atom. The van der Waals surface area contributed by atoms with Crippen LogP contribution in [0.5, 0.6) is 0 Å². The number of fused-ring (bicyclic) bond motifs is 1. The molecule has 0 radical (unpaired) electrons. The normalized spacial score (nSPS) is 10.8. The molecule has 2 N–H and O–H groups in total. The molecule has 0 aliphatic carbocycles. The summed E-state index contributed by atoms with van der Waals surface area (Å²) in [6, 6.07) is 5.58. The summed E-state index contributed by atoms with van der Waals surface area (Å²) >= 11 is 0. The Hall–Kier alpha value is -1.51. The maximum Gasteiger partial charge on any atom is 0.195 e. The van der Waals surface area contributed by atoms with Crippen LogP contribution in [0.2, 0.25) is 0 Å². The largest absolute Gasteiger partial charge is 0.439 e. The molecule has 12 heavy (non-hydrogen) atoms. The van der Waals surface area contributed by atoms with E-state index in [4.69, 9.17) is 10.2 Å². The average Bonchev–Trinajstić information content (AvgIpc) is 2.49. The van der Waals surface area contributed by atoms with E-state index >= 15 is 0 Å². The van der Waals surface area contributed by atoms with Crippen molar-refractivity contribution in [2.45, 2.75) is 13.3 Å². The van der Waals surface area contributed by atoms with E-state index in [1.807, 2.05) is 25.1 Å². The van der Waals surface area contributed by atoms with Gasteiger partial charge in [0.05, 0.1) is 5.69 Å². The van der Waals surface area contributed by atoms with Crippen molar-refractivity contribution < 1.29 is 4.42 Å². The number of oxazole rings is 1. The van der Waals surface area contributed by atoms with Crippen molar-refractivity contribution in [1.82, 2.24) is 4.98 Å². The highest BCUT2D eigenvalue weighted by Gasteiger charge is 2.05. The molecule has 2 rings (SSSR count). The Morgan fingerprint density at radius 3 is 3.00 bits per heavy atom. The molecular formula is C9H10N2O. The monoisotopic (exact) mass is 162 g/mol. The predicted molar refractivity (Wildman–Crippen MR) is 47.8 cm³/mol. The van der Waals surface area contributed by atoms with Crippen molar-refractivity contribution >= 4 is 16.8 Å². The number of aryl methyl sites for hydroxylation is 1. The number of nitrogens with two attached hydrogens (primary N) is 1. The van der Waals surface area contributed by atoms with Gasteiger partial charge in [0, 0.05) is 6.42 Å². The summed E-state index contributed by atoms with van der Waals surface area (Å²) in [5, 5.41) is 0. The first-order valence-corrected chi connectivity index (χ1v) is 3.95. The fourth-order valence-corrected chi connectivity index (χ4v) is 1.17. The van der Waals surface area contributed by atoms with Crippen LogP contribution < -0.4 is 5.73 Å². The van der Waals surface area contributed by atoms with Crippen molar-refractivity contribution in [3.8, 4) is 0 Å². The lowest BCUT2D eigenvalue weighted by Gasteiger charge is -1.89. The van der Waals surface area contributed by atoms with Crippen LogP contribution in [0.1, 0.15) is 12.8 Å². The Balaban J connectivity index is 2.74. The van der Waals surface area contributed by atoms with Gasteiger partial charge in [-0.05, 0) is 12.1 Å². The number of anilines is 1. The van der Waals surface area contributed by atoms with Gasteiger partial charge >= 0.3 is 0 Å². The van der Waals surface area contributed by atoms with Crippen molar-refractivity contribution in [2.75, 3.05) is 5.73 Å². The van der Waals surface area contributed by atoms with E-state index in [9.17, 15) is 0 Å². The molecule has 3 nitrogen and oxygen atoms in total. The number of nitrogen functional groups attached to an aromatic ring is 1. The van der Waals surface area contributed by atoms with Gasteiger partial charge < -0.3 is 10.2 Å². The molecule has 0 aliphatic heterocycles. The number of hydrogen-bond donors (Lipinski definition) is 1. The Morgan fingerprint density at radius 2 is 2.33 bits per heavy atom. The molecule has 0 bridgehead atoms. The number of benzene rings is 1. The third-order valence-electron chi connectivity index (χ3n) is 1.79. The van der Waals surface area contributed by atoms with E-state index in [0.29, 0.717) is 11.3 Å². The highest BCUT2D eigenvalue weighted by molar-refractivity contribution is 5.84. The van der Waals surface area contributed by atoms with Crippen LogP contribution in [-0.4, -0.2) is 4.98 Å². The van der Waals surface area contributed by atoms with Gasteiger partial charge in [-0.25, -0.2) is 4.98 Å². The molecule has 1 heterocycles. The Labute approximate surface area is 70.2 Å². The van der Waals surface area contributed by atoms with Gasteiger partial charge in [0.15, 0.2) is 11.5 Å². The fourth-order valence-electron chi connectivity index (χ4n) is 1.17. The SMILES string of the molecule is CCc1nc2cccc(N)c2o1. The van der Waals surface area contributed by atoms with E-state index < -0.39 is 0 Å². The van der Waals surface area contributed by atoms with E-state index in [2.05, 4.69) is 4.98 Å². The standard InChI is InChI=1S/C9H10N2O/c1-2-8-11-7-5-3-4-6(10)9(7)12-8/h3-5H,2,10H2,1H3. The fraction of sp³-hybridized carbons (Fsp3) is 0.222. The maximum atomic E-state index is 5.69. The zero-order chi connectivity index (χ0) is 8.55. The number of hydrogen-bond acceptors (Lipinski definition) is 3. The first-order valence-electron chi connectivity index (χ1n) is 3.95. The molecule has 0 unspecified atom stereocenters. The van der Waals surface area contributed by atoms with Crippen LogP contribution in [0.15, 0.2) is 22.6 Å². The molecule has 0 aliphatic rings. The van der Waals surface area contributed by atoms with Crippen LogP contribution in [0.25, 0.3) is 11.1 Å². The lowest BCUT2D eigenvalue weighted by molar-refractivity contribution is 0.539. The minimum Gasteiger partial charge on any atom is -0.439 e. The zero-order valence-electron chi connectivity index (χ0n) is 6.87. The highest BCUT2D eigenvalue weighted by atomic mass is 16.3. The van der Waals surface area contributed by atoms with Gasteiger partial charge in [0.1, 0.15) is 5.52 Å². The molecule has 0 fully saturated rings. The second-order valence-corrected chi connectivity index (χ2v) is 2.66. The molecule has 1 aromatic heterocycles. The molecule has 0 saturated heterocycles. The van der Waals surface area contributed by atoms with Crippen molar-refractivity contribution in [2.24, 2.45) is 0 Å². The van der Waals surface area contributed by atoms with Crippen LogP contribution >= 0.6 is 0 Å². The van der Waals surface area contributed by atoms with Gasteiger partial charge in [-0.3, -0.25) is 0 Å². The van der Waals surface area contributed by atoms with E-state index in [0.717, 1.165) is 17.8 Å². The second-order valence-electron chi connectivity index (χ2n) is 2.66. The summed E-state index contributed by atoms with van der Waals surface area (Å²) < 4.78 is 5.41. The molecule has 0 saturated carbocycles. The smallest absolute Gasteiger partial charge is 0.195 e. The van der Waals surface area contributed by atoms with Gasteiger partial charge in [-0.15, -0.1) is 0 Å². The quantitative estimate of drug-likeness (QED) is 0.652. The van der Waals surface area contributed by atoms with Gasteiger partial charge in [-0.1, -0.05) is 13.0 Å². The summed E-state index contributed by atoms with van der Waals surface area (Å²) in [5.74, 6) is 0.739. The number of aromatic nitrogens is 1. The number of para-hydroxylation sites is 1. The number of rotatable bonds is 1. The van der Waals surface area contributed by atoms with Crippen LogP contribution in [0.3, 0.4) is 0 Å². The first kappa shape index (κ1) is 7.16. The van der Waals surface area contributed by atoms with Crippen molar-refractivity contribution in [1.29, 1.82) is 0 Å². The summed E-state index contributed by atoms with van der Waals surface area (Å²) in [5.41, 5.74) is 7.89. The second kappa shape index (κ2) is 2.52. The molecule has 2 aromatic rings. The third kappa shape index (κ3) is 0.942. The van der Waals surface area contributed by atoms with Gasteiger partial charge in [-0.2, -0.15) is 0 Å². The Kier molecular flexibility index (Phi) is 1.50. The van der Waals surface area contributed by atoms with Crippen molar-refractivity contribution in [3.05, 3.63) is 24.1 Å². The average molecular weight is 162 g/mol. The molecule has 0 spiro atoms. The van der Waals surface area contributed by atoms with E-state index in [1.54, 1.807) is 0 Å². The lowest BCUT2D eigenvalue weighted by Crippen LogP contribution is -1.82. The van der Waals surface area contributed by atoms with Crippen LogP contribution in [0.4, 0.5) is 5.69 Å². The molecule has 0 amide bonds. The third-order valence-corrected chi connectivity index (χ3v) is 1.79. The predicted octanol–water partition coefficient (Wildman–Crippen LogP) is 1.97. The van der Waals surface area contributed by atoms with Crippen LogP contribution in [0, 0.1) is 0 Å². The molecule has 0 atom stereocenters. The minimum absolute atomic E-state index is 0.653. The molecular weight excluding hydrogens is 152 g/mol. The Bertz CT molecular complexity index is 406. The minimum atomic E-state index is 0.653. The zero-order valence-corrected chi connectivity index (χ0v) is 6.87. The summed E-state index contributed by atoms with van der Waals surface area (Å²) in [4.78, 5) is 4.25. The van der Waals surface area contributed by atoms with Gasteiger partial charge in [0.2, 0.25) is 0 Å². The highest BCUT2D eigenvalue weighted by Crippen LogP contribution is 2.21. The summed E-state index contributed by atoms with van der Waals surface area (Å²) in [7, 11) is 0. The summed E-state index contributed by atoms with van der Waals surface area (Å²) in [6.45, 7) is 2.00. The van der Waals surface area contributed by atoms with Gasteiger partial charge in [0.25, 0.3) is 0 Å². The molecule has 62 valence electrons. The lowest BCUT2D eigenvalue weighted by atomic mass is 10.3. The number of nitrogens with zero attached hydrogens (tertiary/aromatic N) is 1. The van der Waals surface area contributed by atoms with E-state index in [1.165, 1.54) is 0 Å². The van der Waals surface area contributed by atoms with E-state index in [-0.39, 0.29) is 0 Å². The topological polar surface area (TPSA) is 52.0 Å². The van der Waals surface area contributed by atoms with Crippen molar-refractivity contribution in [3.63, 3.8) is 0 Å². The molecule has 1 aromatic carbocycles. The molecule has 3 heteroatoms. The summed E-state index contributed by atoms with van der Waals surface area (Å²) in [6.07, 6.45) is 0.800. The maximum absolute atomic E-state index is 5.69.